The zero-order valence-electron chi connectivity index (χ0n) is 18.7. The van der Waals surface area contributed by atoms with Crippen LogP contribution in [0, 0.1) is 0 Å². The van der Waals surface area contributed by atoms with Crippen LogP contribution in [0.4, 0.5) is 0 Å². The average molecular weight is 435 g/mol. The number of benzene rings is 2. The van der Waals surface area contributed by atoms with Gasteiger partial charge in [0.25, 0.3) is 10.1 Å². The molecule has 0 radical (unpaired) electrons. The predicted molar refractivity (Wildman–Crippen MR) is 125 cm³/mol. The molecule has 0 unspecified atom stereocenters. The van der Waals surface area contributed by atoms with Crippen LogP contribution in [0.15, 0.2) is 35.2 Å². The molecule has 2 aromatic rings. The van der Waals surface area contributed by atoms with Gasteiger partial charge in [-0.3, -0.25) is 4.55 Å². The van der Waals surface area contributed by atoms with Crippen LogP contribution in [-0.2, 0) is 16.5 Å². The minimum absolute atomic E-state index is 0.0344. The van der Waals surface area contributed by atoms with Crippen molar-refractivity contribution in [3.8, 4) is 5.75 Å². The van der Waals surface area contributed by atoms with Crippen LogP contribution >= 0.6 is 0 Å². The molecule has 0 bridgehead atoms. The van der Waals surface area contributed by atoms with Crippen LogP contribution in [0.25, 0.3) is 10.8 Å². The molecule has 0 aliphatic rings. The van der Waals surface area contributed by atoms with Gasteiger partial charge in [0.1, 0.15) is 10.6 Å². The fraction of sp³-hybridized carbons (Fsp3) is 0.600. The highest BCUT2D eigenvalue weighted by Crippen LogP contribution is 2.35. The van der Waals surface area contributed by atoms with Crippen LogP contribution in [-0.4, -0.2) is 20.1 Å². The van der Waals surface area contributed by atoms with Crippen molar-refractivity contribution >= 4 is 20.9 Å². The summed E-state index contributed by atoms with van der Waals surface area (Å²) in [4.78, 5) is -0.0344. The first kappa shape index (κ1) is 24.7. The van der Waals surface area contributed by atoms with Crippen molar-refractivity contribution in [1.82, 2.24) is 0 Å². The van der Waals surface area contributed by atoms with E-state index in [0.29, 0.717) is 11.1 Å². The van der Waals surface area contributed by atoms with Crippen LogP contribution in [0.3, 0.4) is 0 Å². The van der Waals surface area contributed by atoms with Crippen LogP contribution < -0.4 is 4.74 Å². The van der Waals surface area contributed by atoms with E-state index in [0.717, 1.165) is 30.2 Å². The SMILES string of the molecule is CCCCCCCCCCCCCCc1cc(S(=O)(=O)O)c2ccccc2c1OC. The van der Waals surface area contributed by atoms with Crippen molar-refractivity contribution in [3.63, 3.8) is 0 Å². The lowest BCUT2D eigenvalue weighted by atomic mass is 9.99. The van der Waals surface area contributed by atoms with E-state index in [-0.39, 0.29) is 4.90 Å². The smallest absolute Gasteiger partial charge is 0.295 e. The molecule has 4 nitrogen and oxygen atoms in total. The van der Waals surface area contributed by atoms with Gasteiger partial charge >= 0.3 is 0 Å². The van der Waals surface area contributed by atoms with Crippen molar-refractivity contribution in [1.29, 1.82) is 0 Å². The maximum Gasteiger partial charge on any atom is 0.295 e. The summed E-state index contributed by atoms with van der Waals surface area (Å²) in [6.07, 6.45) is 16.1. The van der Waals surface area contributed by atoms with Gasteiger partial charge < -0.3 is 4.74 Å². The molecule has 2 aromatic carbocycles. The summed E-state index contributed by atoms with van der Waals surface area (Å²) in [6.45, 7) is 2.25. The van der Waals surface area contributed by atoms with Crippen LogP contribution in [0.5, 0.6) is 5.75 Å². The molecule has 1 N–H and O–H groups in total. The van der Waals surface area contributed by atoms with Gasteiger partial charge in [-0.1, -0.05) is 102 Å². The second-order valence-corrected chi connectivity index (χ2v) is 9.62. The van der Waals surface area contributed by atoms with Crippen molar-refractivity contribution in [2.45, 2.75) is 95.3 Å². The van der Waals surface area contributed by atoms with E-state index < -0.39 is 10.1 Å². The second-order valence-electron chi connectivity index (χ2n) is 8.23. The van der Waals surface area contributed by atoms with E-state index in [1.54, 1.807) is 25.3 Å². The summed E-state index contributed by atoms with van der Waals surface area (Å²) in [5.41, 5.74) is 0.843. The molecule has 0 heterocycles. The van der Waals surface area contributed by atoms with E-state index in [1.807, 2.05) is 12.1 Å². The van der Waals surface area contributed by atoms with Crippen molar-refractivity contribution < 1.29 is 17.7 Å². The Morgan fingerprint density at radius 1 is 0.800 bits per heavy atom. The molecule has 30 heavy (non-hydrogen) atoms. The van der Waals surface area contributed by atoms with Gasteiger partial charge in [0.15, 0.2) is 0 Å². The van der Waals surface area contributed by atoms with E-state index >= 15 is 0 Å². The molecule has 0 atom stereocenters. The Hall–Kier alpha value is -1.59. The first-order valence-corrected chi connectivity index (χ1v) is 13.0. The number of rotatable bonds is 15. The van der Waals surface area contributed by atoms with Crippen molar-refractivity contribution in [3.05, 3.63) is 35.9 Å². The fourth-order valence-electron chi connectivity index (χ4n) is 4.17. The molecule has 0 amide bonds. The lowest BCUT2D eigenvalue weighted by Gasteiger charge is -2.14. The monoisotopic (exact) mass is 434 g/mol. The molecule has 0 fully saturated rings. The number of aryl methyl sites for hydroxylation is 1. The highest BCUT2D eigenvalue weighted by Gasteiger charge is 2.19. The summed E-state index contributed by atoms with van der Waals surface area (Å²) in [6, 6.07) is 8.74. The van der Waals surface area contributed by atoms with Crippen molar-refractivity contribution in [2.75, 3.05) is 7.11 Å². The topological polar surface area (TPSA) is 63.6 Å². The van der Waals surface area contributed by atoms with Gasteiger partial charge in [0.05, 0.1) is 7.11 Å². The van der Waals surface area contributed by atoms with E-state index in [1.165, 1.54) is 64.2 Å². The molecule has 0 aliphatic carbocycles. The Morgan fingerprint density at radius 2 is 1.30 bits per heavy atom. The molecule has 5 heteroatoms. The molecular weight excluding hydrogens is 396 g/mol. The van der Waals surface area contributed by atoms with Gasteiger partial charge in [-0.15, -0.1) is 0 Å². The average Bonchev–Trinajstić information content (AvgIpc) is 2.73. The normalized spacial score (nSPS) is 11.8. The first-order chi connectivity index (χ1) is 14.5. The Labute approximate surface area is 182 Å². The fourth-order valence-corrected chi connectivity index (χ4v) is 4.91. The highest BCUT2D eigenvalue weighted by atomic mass is 32.2. The molecule has 0 spiro atoms. The van der Waals surface area contributed by atoms with Crippen LogP contribution in [0.1, 0.15) is 89.5 Å². The highest BCUT2D eigenvalue weighted by molar-refractivity contribution is 7.86. The molecule has 168 valence electrons. The maximum atomic E-state index is 11.9. The van der Waals surface area contributed by atoms with E-state index in [4.69, 9.17) is 4.74 Å². The van der Waals surface area contributed by atoms with Gasteiger partial charge in [-0.05, 0) is 24.5 Å². The molecule has 0 saturated carbocycles. The standard InChI is InChI=1S/C25H38O4S/c1-3-4-5-6-7-8-9-10-11-12-13-14-17-21-20-24(30(26,27)28)22-18-15-16-19-23(22)25(21)29-2/h15-16,18-20H,3-14,17H2,1-2H3,(H,26,27,28). The summed E-state index contributed by atoms with van der Waals surface area (Å²) in [5.74, 6) is 0.709. The number of ether oxygens (including phenoxy) is 1. The largest absolute Gasteiger partial charge is 0.496 e. The third-order valence-electron chi connectivity index (χ3n) is 5.82. The summed E-state index contributed by atoms with van der Waals surface area (Å²) < 4.78 is 39.1. The predicted octanol–water partition coefficient (Wildman–Crippen LogP) is 7.34. The van der Waals surface area contributed by atoms with Crippen molar-refractivity contribution in [2.24, 2.45) is 0 Å². The van der Waals surface area contributed by atoms with Gasteiger partial charge in [-0.2, -0.15) is 8.42 Å². The second kappa shape index (κ2) is 13.0. The number of hydrogen-bond acceptors (Lipinski definition) is 3. The first-order valence-electron chi connectivity index (χ1n) is 11.5. The Balaban J connectivity index is 1.82. The molecular formula is C25H38O4S. The lowest BCUT2D eigenvalue weighted by molar-refractivity contribution is 0.413. The lowest BCUT2D eigenvalue weighted by Crippen LogP contribution is -2.03. The molecule has 0 aromatic heterocycles. The zero-order chi connectivity index (χ0) is 21.8. The van der Waals surface area contributed by atoms with Gasteiger partial charge in [0, 0.05) is 10.8 Å². The number of hydrogen-bond donors (Lipinski definition) is 1. The third-order valence-corrected chi connectivity index (χ3v) is 6.71. The summed E-state index contributed by atoms with van der Waals surface area (Å²) in [7, 11) is -2.68. The molecule has 0 aliphatic heterocycles. The molecule has 2 rings (SSSR count). The van der Waals surface area contributed by atoms with E-state index in [2.05, 4.69) is 6.92 Å². The quantitative estimate of drug-likeness (QED) is 0.235. The Kier molecular flexibility index (Phi) is 10.7. The van der Waals surface area contributed by atoms with E-state index in [9.17, 15) is 13.0 Å². The number of unbranched alkanes of at least 4 members (excludes halogenated alkanes) is 11. The zero-order valence-corrected chi connectivity index (χ0v) is 19.5. The van der Waals surface area contributed by atoms with Crippen LogP contribution in [0.2, 0.25) is 0 Å². The number of fused-ring (bicyclic) bond motifs is 1. The Bertz CT molecular complexity index is 874. The Morgan fingerprint density at radius 3 is 1.80 bits per heavy atom. The minimum atomic E-state index is -4.29. The minimum Gasteiger partial charge on any atom is -0.496 e. The molecule has 0 saturated heterocycles. The summed E-state index contributed by atoms with van der Waals surface area (Å²) in [5, 5.41) is 1.22. The van der Waals surface area contributed by atoms with Gasteiger partial charge in [-0.25, -0.2) is 0 Å². The maximum absolute atomic E-state index is 11.9. The van der Waals surface area contributed by atoms with Gasteiger partial charge in [0.2, 0.25) is 0 Å². The summed E-state index contributed by atoms with van der Waals surface area (Å²) >= 11 is 0. The third kappa shape index (κ3) is 7.59. The number of methoxy groups -OCH3 is 1.